The maximum Gasteiger partial charge on any atom is 0.189 e. The van der Waals surface area contributed by atoms with E-state index in [-0.39, 0.29) is 12.4 Å². The summed E-state index contributed by atoms with van der Waals surface area (Å²) >= 11 is 12.2. The third kappa shape index (κ3) is 5.00. The molecule has 0 unspecified atom stereocenters. The molecule has 0 saturated carbocycles. The Morgan fingerprint density at radius 1 is 1.21 bits per heavy atom. The van der Waals surface area contributed by atoms with E-state index < -0.39 is 0 Å². The maximum atomic E-state index is 12.4. The Bertz CT molecular complexity index is 1070. The largest absolute Gasteiger partial charge is 0.496 e. The summed E-state index contributed by atoms with van der Waals surface area (Å²) in [6, 6.07) is 10.8. The first-order valence-electron chi connectivity index (χ1n) is 8.85. The highest BCUT2D eigenvalue weighted by atomic mass is 35.5. The molecule has 0 spiro atoms. The number of benzene rings is 2. The van der Waals surface area contributed by atoms with Crippen LogP contribution in [-0.4, -0.2) is 22.7 Å². The number of hydrogen-bond acceptors (Lipinski definition) is 4. The molecule has 0 saturated heterocycles. The first-order valence-corrected chi connectivity index (χ1v) is 9.61. The lowest BCUT2D eigenvalue weighted by Gasteiger charge is -2.12. The van der Waals surface area contributed by atoms with Gasteiger partial charge in [0.25, 0.3) is 0 Å². The Balaban J connectivity index is 1.78. The minimum atomic E-state index is -0.102. The molecule has 0 fully saturated rings. The summed E-state index contributed by atoms with van der Waals surface area (Å²) in [7, 11) is 3.38. The van der Waals surface area contributed by atoms with Crippen LogP contribution in [0, 0.1) is 6.92 Å². The monoisotopic (exact) mass is 430 g/mol. The highest BCUT2D eigenvalue weighted by molar-refractivity contribution is 6.42. The summed E-state index contributed by atoms with van der Waals surface area (Å²) < 4.78 is 12.9. The minimum Gasteiger partial charge on any atom is -0.496 e. The number of nitrogens with zero attached hydrogens (tertiary/aromatic N) is 2. The fourth-order valence-corrected chi connectivity index (χ4v) is 3.22. The number of methoxy groups -OCH3 is 1. The predicted octanol–water partition coefficient (Wildman–Crippen LogP) is 5.52. The summed E-state index contributed by atoms with van der Waals surface area (Å²) in [6.07, 6.45) is 5.00. The van der Waals surface area contributed by atoms with Crippen molar-refractivity contribution in [1.29, 1.82) is 0 Å². The first-order chi connectivity index (χ1) is 13.9. The van der Waals surface area contributed by atoms with Gasteiger partial charge >= 0.3 is 0 Å². The van der Waals surface area contributed by atoms with E-state index in [0.29, 0.717) is 32.8 Å². The first kappa shape index (κ1) is 21.0. The van der Waals surface area contributed by atoms with Crippen molar-refractivity contribution < 1.29 is 14.3 Å². The highest BCUT2D eigenvalue weighted by Crippen LogP contribution is 2.32. The zero-order chi connectivity index (χ0) is 21.0. The van der Waals surface area contributed by atoms with Crippen LogP contribution in [0.3, 0.4) is 0 Å². The van der Waals surface area contributed by atoms with E-state index in [2.05, 4.69) is 5.10 Å². The second kappa shape index (κ2) is 9.16. The molecule has 0 amide bonds. The molecule has 0 bridgehead atoms. The number of aryl methyl sites for hydroxylation is 2. The summed E-state index contributed by atoms with van der Waals surface area (Å²) in [5.41, 5.74) is 2.94. The SMILES string of the molecule is COc1ccc(/C=C/C(=O)c2cn(C)nc2C)cc1COc1cccc(Cl)c1Cl. The number of carbonyl (C=O) groups excluding carboxylic acids is 1. The molecule has 0 aliphatic heterocycles. The molecule has 5 nitrogen and oxygen atoms in total. The van der Waals surface area contributed by atoms with Crippen LogP contribution in [0.15, 0.2) is 48.7 Å². The van der Waals surface area contributed by atoms with Gasteiger partial charge in [0, 0.05) is 18.8 Å². The van der Waals surface area contributed by atoms with Gasteiger partial charge in [-0.1, -0.05) is 41.4 Å². The average Bonchev–Trinajstić information content (AvgIpc) is 3.05. The van der Waals surface area contributed by atoms with Crippen LogP contribution in [-0.2, 0) is 13.7 Å². The molecule has 0 radical (unpaired) electrons. The Kier molecular flexibility index (Phi) is 6.62. The lowest BCUT2D eigenvalue weighted by Crippen LogP contribution is -2.00. The average molecular weight is 431 g/mol. The molecular weight excluding hydrogens is 411 g/mol. The van der Waals surface area contributed by atoms with E-state index in [1.807, 2.05) is 25.1 Å². The molecule has 1 aromatic heterocycles. The number of carbonyl (C=O) groups is 1. The molecule has 3 rings (SSSR count). The number of allylic oxidation sites excluding steroid dienone is 1. The van der Waals surface area contributed by atoms with E-state index in [9.17, 15) is 4.79 Å². The number of rotatable bonds is 7. The molecule has 0 aliphatic carbocycles. The van der Waals surface area contributed by atoms with Crippen molar-refractivity contribution >= 4 is 35.1 Å². The van der Waals surface area contributed by atoms with Gasteiger partial charge in [0.05, 0.1) is 23.4 Å². The second-order valence-corrected chi connectivity index (χ2v) is 7.20. The fraction of sp³-hybridized carbons (Fsp3) is 0.182. The Labute approximate surface area is 179 Å². The molecule has 0 aliphatic rings. The lowest BCUT2D eigenvalue weighted by molar-refractivity contribution is 0.104. The normalized spacial score (nSPS) is 11.1. The quantitative estimate of drug-likeness (QED) is 0.365. The van der Waals surface area contributed by atoms with Crippen LogP contribution in [0.2, 0.25) is 10.0 Å². The summed E-state index contributed by atoms with van der Waals surface area (Å²) in [5, 5.41) is 4.99. The van der Waals surface area contributed by atoms with E-state index >= 15 is 0 Å². The molecule has 2 aromatic carbocycles. The molecule has 7 heteroatoms. The van der Waals surface area contributed by atoms with Crippen molar-refractivity contribution in [2.24, 2.45) is 7.05 Å². The Morgan fingerprint density at radius 3 is 2.69 bits per heavy atom. The topological polar surface area (TPSA) is 53.4 Å². The standard InChI is InChI=1S/C22H20Cl2N2O3/c1-14-17(12-26(2)25-14)19(27)9-7-15-8-10-20(28-3)16(11-15)13-29-21-6-4-5-18(23)22(21)24/h4-12H,13H2,1-3H3/b9-7+. The second-order valence-electron chi connectivity index (χ2n) is 6.41. The van der Waals surface area contributed by atoms with Crippen LogP contribution in [0.4, 0.5) is 0 Å². The molecule has 1 heterocycles. The molecule has 29 heavy (non-hydrogen) atoms. The van der Waals surface area contributed by atoms with Gasteiger partial charge in [-0.05, 0) is 42.8 Å². The van der Waals surface area contributed by atoms with Gasteiger partial charge in [-0.25, -0.2) is 0 Å². The zero-order valence-electron chi connectivity index (χ0n) is 16.3. The van der Waals surface area contributed by atoms with Crippen molar-refractivity contribution in [3.63, 3.8) is 0 Å². The van der Waals surface area contributed by atoms with Gasteiger partial charge in [0.2, 0.25) is 0 Å². The number of hydrogen-bond donors (Lipinski definition) is 0. The minimum absolute atomic E-state index is 0.102. The zero-order valence-corrected chi connectivity index (χ0v) is 17.8. The van der Waals surface area contributed by atoms with Crippen molar-refractivity contribution in [1.82, 2.24) is 9.78 Å². The molecule has 3 aromatic rings. The molecule has 150 valence electrons. The van der Waals surface area contributed by atoms with E-state index in [1.54, 1.807) is 49.3 Å². The Hall–Kier alpha value is -2.76. The van der Waals surface area contributed by atoms with E-state index in [4.69, 9.17) is 32.7 Å². The van der Waals surface area contributed by atoms with Crippen LogP contribution in [0.1, 0.15) is 27.2 Å². The summed E-state index contributed by atoms with van der Waals surface area (Å²) in [5.74, 6) is 1.06. The number of halogens is 2. The predicted molar refractivity (Wildman–Crippen MR) is 115 cm³/mol. The fourth-order valence-electron chi connectivity index (χ4n) is 2.87. The van der Waals surface area contributed by atoms with Crippen LogP contribution < -0.4 is 9.47 Å². The van der Waals surface area contributed by atoms with E-state index in [0.717, 1.165) is 11.1 Å². The third-order valence-electron chi connectivity index (χ3n) is 4.31. The van der Waals surface area contributed by atoms with Crippen LogP contribution in [0.5, 0.6) is 11.5 Å². The smallest absolute Gasteiger partial charge is 0.189 e. The van der Waals surface area contributed by atoms with Gasteiger partial charge in [-0.3, -0.25) is 9.48 Å². The van der Waals surface area contributed by atoms with Gasteiger partial charge in [-0.15, -0.1) is 0 Å². The summed E-state index contributed by atoms with van der Waals surface area (Å²) in [6.45, 7) is 2.05. The van der Waals surface area contributed by atoms with Gasteiger partial charge in [0.15, 0.2) is 5.78 Å². The highest BCUT2D eigenvalue weighted by Gasteiger charge is 2.11. The van der Waals surface area contributed by atoms with Gasteiger partial charge < -0.3 is 9.47 Å². The van der Waals surface area contributed by atoms with Crippen LogP contribution in [0.25, 0.3) is 6.08 Å². The molecular formula is C22H20Cl2N2O3. The van der Waals surface area contributed by atoms with Gasteiger partial charge in [0.1, 0.15) is 23.1 Å². The number of ether oxygens (including phenoxy) is 2. The van der Waals surface area contributed by atoms with Gasteiger partial charge in [-0.2, -0.15) is 5.10 Å². The van der Waals surface area contributed by atoms with Crippen molar-refractivity contribution in [3.05, 3.63) is 81.1 Å². The van der Waals surface area contributed by atoms with Crippen molar-refractivity contribution in [2.45, 2.75) is 13.5 Å². The summed E-state index contributed by atoms with van der Waals surface area (Å²) in [4.78, 5) is 12.4. The number of aromatic nitrogens is 2. The Morgan fingerprint density at radius 2 is 2.00 bits per heavy atom. The van der Waals surface area contributed by atoms with E-state index in [1.165, 1.54) is 6.08 Å². The lowest BCUT2D eigenvalue weighted by atomic mass is 10.1. The van der Waals surface area contributed by atoms with Crippen LogP contribution >= 0.6 is 23.2 Å². The molecule has 0 N–H and O–H groups in total. The number of ketones is 1. The van der Waals surface area contributed by atoms with Crippen molar-refractivity contribution in [3.8, 4) is 11.5 Å². The third-order valence-corrected chi connectivity index (χ3v) is 5.11. The maximum absolute atomic E-state index is 12.4. The molecule has 0 atom stereocenters. The van der Waals surface area contributed by atoms with Crippen molar-refractivity contribution in [2.75, 3.05) is 7.11 Å².